The van der Waals surface area contributed by atoms with Crippen molar-refractivity contribution in [3.8, 4) is 5.75 Å². The molecule has 0 saturated carbocycles. The van der Waals surface area contributed by atoms with Crippen LogP contribution in [0.4, 0.5) is 5.69 Å². The maximum Gasteiger partial charge on any atom is 0.249 e. The lowest BCUT2D eigenvalue weighted by molar-refractivity contribution is -0.126. The molecule has 0 aromatic heterocycles. The number of benzene rings is 2. The lowest BCUT2D eigenvalue weighted by atomic mass is 10.2. The normalized spacial score (nSPS) is 10.6. The van der Waals surface area contributed by atoms with E-state index in [0.29, 0.717) is 33.7 Å². The molecule has 0 saturated heterocycles. The van der Waals surface area contributed by atoms with Crippen LogP contribution >= 0.6 is 23.2 Å². The first-order valence-electron chi connectivity index (χ1n) is 7.78. The lowest BCUT2D eigenvalue weighted by Gasteiger charge is -2.07. The lowest BCUT2D eigenvalue weighted by Crippen LogP contribution is -2.24. The Kier molecular flexibility index (Phi) is 7.44. The highest BCUT2D eigenvalue weighted by atomic mass is 35.5. The van der Waals surface area contributed by atoms with E-state index in [1.807, 2.05) is 6.92 Å². The highest BCUT2D eigenvalue weighted by Gasteiger charge is 2.10. The summed E-state index contributed by atoms with van der Waals surface area (Å²) in [5.74, 6) is -0.472. The summed E-state index contributed by atoms with van der Waals surface area (Å²) in [6.07, 6.45) is 1.01. The molecule has 2 N–H and O–H groups in total. The summed E-state index contributed by atoms with van der Waals surface area (Å²) in [7, 11) is 0. The number of halogens is 2. The Balaban J connectivity index is 1.90. The second-order valence-corrected chi connectivity index (χ2v) is 5.96. The molecular formula is C18H17Cl2N3O3. The monoisotopic (exact) mass is 393 g/mol. The van der Waals surface area contributed by atoms with Crippen LogP contribution in [0.25, 0.3) is 0 Å². The number of carbonyl (C=O) groups is 2. The molecule has 0 bridgehead atoms. The van der Waals surface area contributed by atoms with Crippen molar-refractivity contribution in [3.05, 3.63) is 58.1 Å². The van der Waals surface area contributed by atoms with Gasteiger partial charge in [0.1, 0.15) is 12.2 Å². The fourth-order valence-corrected chi connectivity index (χ4v) is 2.39. The number of anilines is 1. The molecule has 2 amide bonds. The Morgan fingerprint density at radius 1 is 1.15 bits per heavy atom. The van der Waals surface area contributed by atoms with E-state index < -0.39 is 18.2 Å². The fraction of sp³-hybridized carbons (Fsp3) is 0.167. The third-order valence-electron chi connectivity index (χ3n) is 3.13. The summed E-state index contributed by atoms with van der Waals surface area (Å²) in [6.45, 7) is 2.34. The maximum absolute atomic E-state index is 11.9. The smallest absolute Gasteiger partial charge is 0.249 e. The van der Waals surface area contributed by atoms with Gasteiger partial charge in [0.05, 0.1) is 23.5 Å². The van der Waals surface area contributed by atoms with Gasteiger partial charge >= 0.3 is 0 Å². The topological polar surface area (TPSA) is 79.8 Å². The summed E-state index contributed by atoms with van der Waals surface area (Å²) in [5.41, 5.74) is 3.34. The Morgan fingerprint density at radius 2 is 1.92 bits per heavy atom. The van der Waals surface area contributed by atoms with E-state index in [-0.39, 0.29) is 0 Å². The second-order valence-electron chi connectivity index (χ2n) is 5.11. The van der Waals surface area contributed by atoms with Gasteiger partial charge in [0.25, 0.3) is 0 Å². The highest BCUT2D eigenvalue weighted by Crippen LogP contribution is 2.21. The molecule has 2 aromatic carbocycles. The molecule has 0 unspecified atom stereocenters. The molecule has 0 aliphatic carbocycles. The molecule has 0 radical (unpaired) electrons. The third kappa shape index (κ3) is 6.06. The van der Waals surface area contributed by atoms with Gasteiger partial charge in [-0.3, -0.25) is 9.59 Å². The first kappa shape index (κ1) is 19.8. The van der Waals surface area contributed by atoms with Crippen LogP contribution in [0.2, 0.25) is 10.0 Å². The summed E-state index contributed by atoms with van der Waals surface area (Å²) >= 11 is 11.9. The van der Waals surface area contributed by atoms with E-state index in [9.17, 15) is 9.59 Å². The average molecular weight is 394 g/mol. The zero-order valence-electron chi connectivity index (χ0n) is 14.0. The largest absolute Gasteiger partial charge is 0.493 e. The fourth-order valence-electron chi connectivity index (χ4n) is 2.02. The van der Waals surface area contributed by atoms with Crippen molar-refractivity contribution < 1.29 is 14.3 Å². The number of rotatable bonds is 7. The van der Waals surface area contributed by atoms with E-state index in [1.165, 1.54) is 6.21 Å². The zero-order chi connectivity index (χ0) is 18.9. The first-order chi connectivity index (χ1) is 12.5. The third-order valence-corrected chi connectivity index (χ3v) is 3.70. The molecule has 0 fully saturated rings. The molecule has 0 aliphatic rings. The van der Waals surface area contributed by atoms with Gasteiger partial charge in [-0.15, -0.1) is 0 Å². The zero-order valence-corrected chi connectivity index (χ0v) is 15.5. The molecule has 26 heavy (non-hydrogen) atoms. The van der Waals surface area contributed by atoms with Crippen LogP contribution in [-0.2, 0) is 9.59 Å². The minimum atomic E-state index is -0.564. The van der Waals surface area contributed by atoms with Crippen LogP contribution in [0.1, 0.15) is 18.9 Å². The molecular weight excluding hydrogens is 377 g/mol. The number of carbonyl (C=O) groups excluding carboxylic acids is 2. The minimum absolute atomic E-state index is 0.392. The van der Waals surface area contributed by atoms with E-state index in [4.69, 9.17) is 27.9 Å². The van der Waals surface area contributed by atoms with E-state index in [0.717, 1.165) is 0 Å². The molecule has 2 rings (SSSR count). The van der Waals surface area contributed by atoms with Crippen LogP contribution in [-0.4, -0.2) is 24.6 Å². The number of nitrogens with one attached hydrogen (secondary N) is 2. The molecule has 0 heterocycles. The van der Waals surface area contributed by atoms with Gasteiger partial charge < -0.3 is 10.1 Å². The Bertz CT molecular complexity index is 825. The van der Waals surface area contributed by atoms with Crippen molar-refractivity contribution in [2.24, 2.45) is 5.10 Å². The van der Waals surface area contributed by atoms with E-state index in [2.05, 4.69) is 15.8 Å². The predicted octanol–water partition coefficient (Wildman–Crippen LogP) is 3.87. The van der Waals surface area contributed by atoms with Crippen molar-refractivity contribution in [2.75, 3.05) is 11.9 Å². The summed E-state index contributed by atoms with van der Waals surface area (Å²) in [6, 6.07) is 11.8. The average Bonchev–Trinajstić information content (AvgIpc) is 2.59. The molecule has 0 spiro atoms. The van der Waals surface area contributed by atoms with Crippen molar-refractivity contribution in [1.82, 2.24) is 5.43 Å². The standard InChI is InChI=1S/C18H17Cl2N3O3/c1-2-26-16-8-7-13(19)9-12(16)11-21-23-18(25)10-17(24)22-15-6-4-3-5-14(15)20/h3-9,11H,2,10H2,1H3,(H,22,24)(H,23,25). The Morgan fingerprint density at radius 3 is 2.65 bits per heavy atom. The summed E-state index contributed by atoms with van der Waals surface area (Å²) in [5, 5.41) is 7.30. The van der Waals surface area contributed by atoms with Crippen molar-refractivity contribution in [3.63, 3.8) is 0 Å². The van der Waals surface area contributed by atoms with E-state index in [1.54, 1.807) is 42.5 Å². The van der Waals surface area contributed by atoms with Crippen LogP contribution < -0.4 is 15.5 Å². The first-order valence-corrected chi connectivity index (χ1v) is 8.54. The molecule has 136 valence electrons. The Hall–Kier alpha value is -2.57. The van der Waals surface area contributed by atoms with Gasteiger partial charge in [-0.05, 0) is 37.3 Å². The molecule has 0 atom stereocenters. The van der Waals surface area contributed by atoms with Gasteiger partial charge in [0.2, 0.25) is 11.8 Å². The van der Waals surface area contributed by atoms with Gasteiger partial charge in [-0.2, -0.15) is 5.10 Å². The van der Waals surface area contributed by atoms with Crippen molar-refractivity contribution in [1.29, 1.82) is 0 Å². The number of hydrogen-bond donors (Lipinski definition) is 2. The van der Waals surface area contributed by atoms with Crippen LogP contribution in [0, 0.1) is 0 Å². The van der Waals surface area contributed by atoms with Crippen LogP contribution in [0.3, 0.4) is 0 Å². The van der Waals surface area contributed by atoms with Gasteiger partial charge in [0.15, 0.2) is 0 Å². The number of ether oxygens (including phenoxy) is 1. The number of hydrogen-bond acceptors (Lipinski definition) is 4. The summed E-state index contributed by atoms with van der Waals surface area (Å²) in [4.78, 5) is 23.7. The predicted molar refractivity (Wildman–Crippen MR) is 103 cm³/mol. The van der Waals surface area contributed by atoms with Crippen LogP contribution in [0.5, 0.6) is 5.75 Å². The molecule has 8 heteroatoms. The van der Waals surface area contributed by atoms with E-state index >= 15 is 0 Å². The number of para-hydroxylation sites is 1. The molecule has 2 aromatic rings. The van der Waals surface area contributed by atoms with Crippen molar-refractivity contribution in [2.45, 2.75) is 13.3 Å². The van der Waals surface area contributed by atoms with Gasteiger partial charge in [-0.25, -0.2) is 5.43 Å². The SMILES string of the molecule is CCOc1ccc(Cl)cc1C=NNC(=O)CC(=O)Nc1ccccc1Cl. The minimum Gasteiger partial charge on any atom is -0.493 e. The quantitative estimate of drug-likeness (QED) is 0.425. The van der Waals surface area contributed by atoms with Gasteiger partial charge in [-0.1, -0.05) is 35.3 Å². The summed E-state index contributed by atoms with van der Waals surface area (Å²) < 4.78 is 5.45. The van der Waals surface area contributed by atoms with Crippen molar-refractivity contribution >= 4 is 46.9 Å². The maximum atomic E-state index is 11.9. The molecule has 6 nitrogen and oxygen atoms in total. The Labute approximate surface area is 161 Å². The van der Waals surface area contributed by atoms with Gasteiger partial charge in [0, 0.05) is 10.6 Å². The number of nitrogens with zero attached hydrogens (tertiary/aromatic N) is 1. The number of hydrazone groups is 1. The van der Waals surface area contributed by atoms with Crippen LogP contribution in [0.15, 0.2) is 47.6 Å². The highest BCUT2D eigenvalue weighted by molar-refractivity contribution is 6.33. The second kappa shape index (κ2) is 9.79. The molecule has 0 aliphatic heterocycles. The number of amides is 2.